The van der Waals surface area contributed by atoms with Crippen LogP contribution in [0.15, 0.2) is 64.2 Å². The van der Waals surface area contributed by atoms with Gasteiger partial charge in [0.05, 0.1) is 22.5 Å². The lowest BCUT2D eigenvalue weighted by atomic mass is 10.1. The number of benzene rings is 2. The van der Waals surface area contributed by atoms with Crippen molar-refractivity contribution in [2.45, 2.75) is 20.4 Å². The minimum absolute atomic E-state index is 0.0912. The zero-order valence-electron chi connectivity index (χ0n) is 16.8. The van der Waals surface area contributed by atoms with E-state index in [0.717, 1.165) is 16.8 Å². The molecule has 3 aromatic heterocycles. The largest absolute Gasteiger partial charge is 0.419 e. The molecule has 3 heterocycles. The number of aryl methyl sites for hydroxylation is 2. The SMILES string of the molecule is Cc1cc(C)cc(-n2ncc3c(=O)n(Cc4nnc(-c5ccccc5Cl)o4)cnc32)c1. The third kappa shape index (κ3) is 3.51. The molecule has 5 rings (SSSR count). The first-order valence-electron chi connectivity index (χ1n) is 9.59. The average molecular weight is 433 g/mol. The number of fused-ring (bicyclic) bond motifs is 1. The zero-order chi connectivity index (χ0) is 21.5. The number of rotatable bonds is 4. The van der Waals surface area contributed by atoms with Crippen molar-refractivity contribution in [1.29, 1.82) is 0 Å². The second-order valence-electron chi connectivity index (χ2n) is 7.30. The number of halogens is 1. The lowest BCUT2D eigenvalue weighted by molar-refractivity contribution is 0.483. The normalized spacial score (nSPS) is 11.3. The molecule has 31 heavy (non-hydrogen) atoms. The van der Waals surface area contributed by atoms with E-state index in [1.165, 1.54) is 17.1 Å². The van der Waals surface area contributed by atoms with Crippen molar-refractivity contribution in [3.05, 3.63) is 87.4 Å². The number of nitrogens with zero attached hydrogens (tertiary/aromatic N) is 6. The van der Waals surface area contributed by atoms with Gasteiger partial charge in [0, 0.05) is 0 Å². The Morgan fingerprint density at radius 3 is 2.61 bits per heavy atom. The Hall–Kier alpha value is -3.78. The molecule has 0 saturated heterocycles. The van der Waals surface area contributed by atoms with Gasteiger partial charge in [0.25, 0.3) is 5.56 Å². The fraction of sp³-hybridized carbons (Fsp3) is 0.136. The molecule has 5 aromatic rings. The van der Waals surface area contributed by atoms with Crippen LogP contribution in [0.4, 0.5) is 0 Å². The Labute approximate surface area is 181 Å². The van der Waals surface area contributed by atoms with Crippen molar-refractivity contribution in [3.63, 3.8) is 0 Å². The molecular weight excluding hydrogens is 416 g/mol. The van der Waals surface area contributed by atoms with Crippen LogP contribution in [-0.4, -0.2) is 29.5 Å². The van der Waals surface area contributed by atoms with Crippen LogP contribution in [-0.2, 0) is 6.54 Å². The van der Waals surface area contributed by atoms with Gasteiger partial charge in [-0.3, -0.25) is 9.36 Å². The van der Waals surface area contributed by atoms with Gasteiger partial charge in [-0.25, -0.2) is 9.67 Å². The van der Waals surface area contributed by atoms with Gasteiger partial charge in [-0.15, -0.1) is 10.2 Å². The lowest BCUT2D eigenvalue weighted by Crippen LogP contribution is -2.21. The van der Waals surface area contributed by atoms with Crippen molar-refractivity contribution in [2.75, 3.05) is 0 Å². The summed E-state index contributed by atoms with van der Waals surface area (Å²) in [6.07, 6.45) is 2.99. The van der Waals surface area contributed by atoms with Crippen LogP contribution in [0.2, 0.25) is 5.02 Å². The van der Waals surface area contributed by atoms with E-state index in [2.05, 4.69) is 26.3 Å². The summed E-state index contributed by atoms with van der Waals surface area (Å²) in [6, 6.07) is 13.3. The van der Waals surface area contributed by atoms with E-state index in [1.807, 2.05) is 38.1 Å². The zero-order valence-corrected chi connectivity index (χ0v) is 17.5. The van der Waals surface area contributed by atoms with Crippen molar-refractivity contribution >= 4 is 22.6 Å². The third-order valence-corrected chi connectivity index (χ3v) is 5.21. The van der Waals surface area contributed by atoms with Gasteiger partial charge in [0.15, 0.2) is 5.65 Å². The summed E-state index contributed by atoms with van der Waals surface area (Å²) in [5, 5.41) is 13.4. The topological polar surface area (TPSA) is 91.6 Å². The van der Waals surface area contributed by atoms with Gasteiger partial charge in [0.2, 0.25) is 11.8 Å². The van der Waals surface area contributed by atoms with Crippen molar-refractivity contribution < 1.29 is 4.42 Å². The van der Waals surface area contributed by atoms with E-state index < -0.39 is 0 Å². The summed E-state index contributed by atoms with van der Waals surface area (Å²) >= 11 is 6.19. The third-order valence-electron chi connectivity index (χ3n) is 4.88. The van der Waals surface area contributed by atoms with Crippen LogP contribution in [0, 0.1) is 13.8 Å². The molecule has 0 radical (unpaired) electrons. The highest BCUT2D eigenvalue weighted by molar-refractivity contribution is 6.33. The van der Waals surface area contributed by atoms with Gasteiger partial charge in [-0.1, -0.05) is 29.8 Å². The Morgan fingerprint density at radius 1 is 1.06 bits per heavy atom. The van der Waals surface area contributed by atoms with Crippen LogP contribution in [0.5, 0.6) is 0 Å². The van der Waals surface area contributed by atoms with Crippen LogP contribution in [0.25, 0.3) is 28.2 Å². The first-order chi connectivity index (χ1) is 15.0. The van der Waals surface area contributed by atoms with E-state index in [1.54, 1.807) is 16.8 Å². The highest BCUT2D eigenvalue weighted by Gasteiger charge is 2.15. The average Bonchev–Trinajstić information content (AvgIpc) is 3.37. The minimum Gasteiger partial charge on any atom is -0.419 e. The molecule has 0 amide bonds. The molecule has 9 heteroatoms. The predicted molar refractivity (Wildman–Crippen MR) is 116 cm³/mol. The Kier molecular flexibility index (Phi) is 4.63. The Morgan fingerprint density at radius 2 is 1.84 bits per heavy atom. The molecule has 0 atom stereocenters. The molecular formula is C22H17ClN6O2. The fourth-order valence-corrected chi connectivity index (χ4v) is 3.75. The maximum absolute atomic E-state index is 13.0. The van der Waals surface area contributed by atoms with Crippen LogP contribution >= 0.6 is 11.6 Å². The monoisotopic (exact) mass is 432 g/mol. The molecule has 0 bridgehead atoms. The maximum atomic E-state index is 13.0. The Bertz CT molecular complexity index is 1460. The van der Waals surface area contributed by atoms with Gasteiger partial charge < -0.3 is 4.42 Å². The highest BCUT2D eigenvalue weighted by atomic mass is 35.5. The van der Waals surface area contributed by atoms with E-state index in [9.17, 15) is 4.79 Å². The number of hydrogen-bond donors (Lipinski definition) is 0. The molecule has 0 fully saturated rings. The fourth-order valence-electron chi connectivity index (χ4n) is 3.53. The van der Waals surface area contributed by atoms with E-state index in [0.29, 0.717) is 27.5 Å². The summed E-state index contributed by atoms with van der Waals surface area (Å²) in [5.41, 5.74) is 3.97. The summed E-state index contributed by atoms with van der Waals surface area (Å²) in [5.74, 6) is 0.574. The van der Waals surface area contributed by atoms with E-state index >= 15 is 0 Å². The molecule has 0 aliphatic heterocycles. The molecule has 8 nitrogen and oxygen atoms in total. The second-order valence-corrected chi connectivity index (χ2v) is 7.71. The first kappa shape index (κ1) is 19.2. The smallest absolute Gasteiger partial charge is 0.264 e. The highest BCUT2D eigenvalue weighted by Crippen LogP contribution is 2.26. The van der Waals surface area contributed by atoms with Crippen LogP contribution < -0.4 is 5.56 Å². The molecule has 0 spiro atoms. The molecule has 0 unspecified atom stereocenters. The molecule has 0 aliphatic carbocycles. The van der Waals surface area contributed by atoms with E-state index in [-0.39, 0.29) is 18.0 Å². The standard InChI is InChI=1S/C22H17ClN6O2/c1-13-7-14(2)9-15(8-13)29-20-17(10-25-29)22(30)28(12-24-20)11-19-26-27-21(31-19)16-5-3-4-6-18(16)23/h3-10,12H,11H2,1-2H3. The second kappa shape index (κ2) is 7.48. The minimum atomic E-state index is -0.238. The van der Waals surface area contributed by atoms with Gasteiger partial charge in [-0.05, 0) is 49.2 Å². The van der Waals surface area contributed by atoms with Gasteiger partial charge >= 0.3 is 0 Å². The van der Waals surface area contributed by atoms with Crippen LogP contribution in [0.1, 0.15) is 17.0 Å². The summed E-state index contributed by atoms with van der Waals surface area (Å²) < 4.78 is 8.79. The summed E-state index contributed by atoms with van der Waals surface area (Å²) in [7, 11) is 0. The number of hydrogen-bond acceptors (Lipinski definition) is 6. The molecule has 0 N–H and O–H groups in total. The molecule has 154 valence electrons. The van der Waals surface area contributed by atoms with Crippen molar-refractivity contribution in [3.8, 4) is 17.1 Å². The van der Waals surface area contributed by atoms with Crippen LogP contribution in [0.3, 0.4) is 0 Å². The summed E-state index contributed by atoms with van der Waals surface area (Å²) in [4.78, 5) is 17.5. The summed E-state index contributed by atoms with van der Waals surface area (Å²) in [6.45, 7) is 4.13. The molecule has 2 aromatic carbocycles. The van der Waals surface area contributed by atoms with Gasteiger partial charge in [-0.2, -0.15) is 5.10 Å². The number of aromatic nitrogens is 6. The first-order valence-corrected chi connectivity index (χ1v) is 9.96. The van der Waals surface area contributed by atoms with Crippen molar-refractivity contribution in [2.24, 2.45) is 0 Å². The predicted octanol–water partition coefficient (Wildman–Crippen LogP) is 3.95. The maximum Gasteiger partial charge on any atom is 0.264 e. The van der Waals surface area contributed by atoms with Gasteiger partial charge in [0.1, 0.15) is 18.3 Å². The molecule has 0 aliphatic rings. The Balaban J connectivity index is 1.49. The molecule has 0 saturated carbocycles. The quantitative estimate of drug-likeness (QED) is 0.427. The lowest BCUT2D eigenvalue weighted by Gasteiger charge is -2.07. The van der Waals surface area contributed by atoms with Crippen molar-refractivity contribution in [1.82, 2.24) is 29.5 Å². The van der Waals surface area contributed by atoms with E-state index in [4.69, 9.17) is 16.0 Å².